The minimum Gasteiger partial charge on any atom is -0.457 e. The number of hydrogen-bond donors (Lipinski definition) is 3. The Kier molecular flexibility index (Phi) is 8.70. The van der Waals surface area contributed by atoms with E-state index >= 15 is 0 Å². The second-order valence-electron chi connectivity index (χ2n) is 17.9. The molecular weight excluding hydrogens is 604 g/mol. The Balaban J connectivity index is 1.25. The van der Waals surface area contributed by atoms with E-state index in [0.717, 1.165) is 44.9 Å². The molecule has 2 spiro atoms. The number of aliphatic hydroxyl groups is 3. The Morgan fingerprint density at radius 3 is 2.30 bits per heavy atom. The van der Waals surface area contributed by atoms with Crippen LogP contribution >= 0.6 is 0 Å². The van der Waals surface area contributed by atoms with Crippen LogP contribution in [-0.2, 0) is 33.3 Å². The fourth-order valence-electron chi connectivity index (χ4n) is 13.1. The van der Waals surface area contributed by atoms with E-state index in [1.807, 2.05) is 0 Å². The molecule has 0 aromatic carbocycles. The van der Waals surface area contributed by atoms with Crippen molar-refractivity contribution in [3.8, 4) is 0 Å². The zero-order chi connectivity index (χ0) is 34.5. The summed E-state index contributed by atoms with van der Waals surface area (Å²) >= 11 is 0. The monoisotopic (exact) mass is 662 g/mol. The van der Waals surface area contributed by atoms with Crippen molar-refractivity contribution in [2.75, 3.05) is 6.61 Å². The molecule has 10 heteroatoms. The normalized spacial score (nSPS) is 48.3. The maximum atomic E-state index is 12.5. The number of carbonyl (C=O) groups excluding carboxylic acids is 3. The predicted octanol–water partition coefficient (Wildman–Crippen LogP) is 3.99. The lowest BCUT2D eigenvalue weighted by Crippen LogP contribution is -2.60. The molecule has 3 N–H and O–H groups in total. The van der Waals surface area contributed by atoms with Gasteiger partial charge in [0.25, 0.3) is 0 Å². The van der Waals surface area contributed by atoms with Crippen molar-refractivity contribution < 1.29 is 48.7 Å². The lowest BCUT2D eigenvalue weighted by atomic mass is 9.41. The van der Waals surface area contributed by atoms with Crippen LogP contribution in [0.25, 0.3) is 0 Å². The highest BCUT2D eigenvalue weighted by atomic mass is 16.7. The lowest BCUT2D eigenvalue weighted by molar-refractivity contribution is -0.228. The van der Waals surface area contributed by atoms with E-state index in [1.165, 1.54) is 6.92 Å². The predicted molar refractivity (Wildman–Crippen MR) is 171 cm³/mol. The van der Waals surface area contributed by atoms with Crippen LogP contribution in [0.1, 0.15) is 107 Å². The van der Waals surface area contributed by atoms with E-state index in [2.05, 4.69) is 34.6 Å². The number of ether oxygens (including phenoxy) is 4. The smallest absolute Gasteiger partial charge is 0.303 e. The van der Waals surface area contributed by atoms with Gasteiger partial charge >= 0.3 is 5.97 Å². The van der Waals surface area contributed by atoms with Gasteiger partial charge in [-0.1, -0.05) is 34.6 Å². The fraction of sp³-hybridized carbons (Fsp3) is 0.919. The molecule has 10 nitrogen and oxygen atoms in total. The van der Waals surface area contributed by atoms with Crippen molar-refractivity contribution in [1.29, 1.82) is 0 Å². The molecule has 0 bridgehead atoms. The Bertz CT molecular complexity index is 1250. The summed E-state index contributed by atoms with van der Waals surface area (Å²) in [6.45, 7) is 15.8. The molecule has 266 valence electrons. The molecule has 6 aliphatic rings. The Morgan fingerprint density at radius 2 is 1.68 bits per heavy atom. The number of aldehydes is 2. The summed E-state index contributed by atoms with van der Waals surface area (Å²) in [5.74, 6) is 0.639. The maximum Gasteiger partial charge on any atom is 0.303 e. The van der Waals surface area contributed by atoms with E-state index in [9.17, 15) is 29.7 Å². The first kappa shape index (κ1) is 35.4. The largest absolute Gasteiger partial charge is 0.457 e. The summed E-state index contributed by atoms with van der Waals surface area (Å²) < 4.78 is 24.1. The summed E-state index contributed by atoms with van der Waals surface area (Å²) in [6.07, 6.45) is 3.65. The van der Waals surface area contributed by atoms with Crippen molar-refractivity contribution in [2.45, 2.75) is 155 Å². The van der Waals surface area contributed by atoms with E-state index in [0.29, 0.717) is 30.8 Å². The maximum absolute atomic E-state index is 12.5. The molecule has 0 radical (unpaired) electrons. The quantitative estimate of drug-likeness (QED) is 0.178. The molecule has 6 fully saturated rings. The van der Waals surface area contributed by atoms with Crippen LogP contribution in [0.3, 0.4) is 0 Å². The van der Waals surface area contributed by atoms with Gasteiger partial charge < -0.3 is 39.1 Å². The van der Waals surface area contributed by atoms with Crippen LogP contribution in [0.15, 0.2) is 0 Å². The minimum absolute atomic E-state index is 0.129. The van der Waals surface area contributed by atoms with Gasteiger partial charge in [-0.25, -0.2) is 0 Å². The summed E-state index contributed by atoms with van der Waals surface area (Å²) in [6, 6.07) is 0. The first-order valence-electron chi connectivity index (χ1n) is 17.9. The third-order valence-corrected chi connectivity index (χ3v) is 15.1. The van der Waals surface area contributed by atoms with Crippen molar-refractivity contribution >= 4 is 18.5 Å². The van der Waals surface area contributed by atoms with Gasteiger partial charge in [-0.05, 0) is 111 Å². The van der Waals surface area contributed by atoms with Gasteiger partial charge in [-0.15, -0.1) is 0 Å². The summed E-state index contributed by atoms with van der Waals surface area (Å²) in [4.78, 5) is 34.7. The standard InChI is InChI=1S/C37H58O10/c1-20-15-23(31(33(5,6)43)45-21(2)40)46-29-28(20)34(7)13-14-37-19-36(37)12-11-26(47-27(17-39)44-18-22(41)16-38)32(3,4)24(36)9-10-25(37)35(34,8)30(29)42/h16-17,20,22-31,41-43H,9-15,18-19H2,1-8H3/t20-,22-,23?,24+,25?,26+,27?,28+,29?,30+,31+,34?,35-,36?,37?/m1/s1. The molecule has 47 heavy (non-hydrogen) atoms. The third-order valence-electron chi connectivity index (χ3n) is 15.1. The first-order valence-corrected chi connectivity index (χ1v) is 17.9. The third kappa shape index (κ3) is 4.96. The van der Waals surface area contributed by atoms with Gasteiger partial charge in [0.05, 0.1) is 36.6 Å². The molecule has 5 aliphatic carbocycles. The highest BCUT2D eigenvalue weighted by molar-refractivity contribution is 5.66. The fourth-order valence-corrected chi connectivity index (χ4v) is 13.1. The molecule has 6 rings (SSSR count). The molecule has 0 amide bonds. The van der Waals surface area contributed by atoms with Gasteiger partial charge in [0, 0.05) is 12.3 Å². The van der Waals surface area contributed by atoms with Crippen molar-refractivity contribution in [3.63, 3.8) is 0 Å². The lowest BCUT2D eigenvalue weighted by Gasteiger charge is -2.63. The van der Waals surface area contributed by atoms with Crippen molar-refractivity contribution in [3.05, 3.63) is 0 Å². The number of fused-ring (bicyclic) bond motifs is 4. The van der Waals surface area contributed by atoms with Crippen molar-refractivity contribution in [2.24, 2.45) is 50.7 Å². The molecular formula is C37H58O10. The minimum atomic E-state index is -1.30. The van der Waals surface area contributed by atoms with Gasteiger partial charge in [0.2, 0.25) is 6.29 Å². The summed E-state index contributed by atoms with van der Waals surface area (Å²) in [7, 11) is 0. The molecule has 1 aliphatic heterocycles. The Hall–Kier alpha value is -1.43. The highest BCUT2D eigenvalue weighted by Gasteiger charge is 2.84. The number of esters is 1. The molecule has 1 heterocycles. The van der Waals surface area contributed by atoms with Crippen LogP contribution in [0.4, 0.5) is 0 Å². The van der Waals surface area contributed by atoms with E-state index in [4.69, 9.17) is 18.9 Å². The number of carbonyl (C=O) groups is 3. The SMILES string of the molecule is CC(=O)O[C@@H](C1C[C@@H](C)[C@H]2C(O1)[C@H](O)[C@@]1(C)C3CC[C@H]4C(C)(C)[C@@H](OC(C=O)OC[C@H](O)C=O)CCC45CC35CCC21C)C(C)(C)O. The van der Waals surface area contributed by atoms with Crippen LogP contribution in [0.5, 0.6) is 0 Å². The summed E-state index contributed by atoms with van der Waals surface area (Å²) in [5.41, 5.74) is -1.73. The molecule has 7 unspecified atom stereocenters. The van der Waals surface area contributed by atoms with Crippen LogP contribution in [0.2, 0.25) is 0 Å². The Labute approximate surface area is 279 Å². The summed E-state index contributed by atoms with van der Waals surface area (Å²) in [5, 5.41) is 33.1. The number of rotatable bonds is 10. The number of aliphatic hydroxyl groups excluding tert-OH is 2. The second kappa shape index (κ2) is 11.6. The van der Waals surface area contributed by atoms with Gasteiger partial charge in [-0.2, -0.15) is 0 Å². The van der Waals surface area contributed by atoms with E-state index in [-0.39, 0.29) is 51.6 Å². The van der Waals surface area contributed by atoms with Crippen LogP contribution in [0, 0.1) is 50.7 Å². The number of hydrogen-bond acceptors (Lipinski definition) is 10. The van der Waals surface area contributed by atoms with Crippen LogP contribution < -0.4 is 0 Å². The zero-order valence-electron chi connectivity index (χ0n) is 29.6. The first-order chi connectivity index (χ1) is 21.8. The van der Waals surface area contributed by atoms with E-state index in [1.54, 1.807) is 13.8 Å². The van der Waals surface area contributed by atoms with Gasteiger partial charge in [0.15, 0.2) is 18.7 Å². The van der Waals surface area contributed by atoms with Crippen LogP contribution in [-0.4, -0.2) is 89.0 Å². The Morgan fingerprint density at radius 1 is 1.02 bits per heavy atom. The average molecular weight is 663 g/mol. The highest BCUT2D eigenvalue weighted by Crippen LogP contribution is 2.89. The average Bonchev–Trinajstić information content (AvgIpc) is 3.62. The molecule has 5 saturated carbocycles. The van der Waals surface area contributed by atoms with Gasteiger partial charge in [0.1, 0.15) is 6.10 Å². The van der Waals surface area contributed by atoms with Crippen molar-refractivity contribution in [1.82, 2.24) is 0 Å². The molecule has 0 aromatic heterocycles. The second-order valence-corrected chi connectivity index (χ2v) is 17.9. The molecule has 15 atom stereocenters. The van der Waals surface area contributed by atoms with Gasteiger partial charge in [-0.3, -0.25) is 9.59 Å². The molecule has 0 aromatic rings. The van der Waals surface area contributed by atoms with E-state index < -0.39 is 48.4 Å². The zero-order valence-corrected chi connectivity index (χ0v) is 29.6. The topological polar surface area (TPSA) is 149 Å². The molecule has 1 saturated heterocycles.